The van der Waals surface area contributed by atoms with Gasteiger partial charge in [-0.2, -0.15) is 0 Å². The molecule has 30 heavy (non-hydrogen) atoms. The summed E-state index contributed by atoms with van der Waals surface area (Å²) in [6.07, 6.45) is 16.8. The minimum absolute atomic E-state index is 0.476. The molecule has 0 radical (unpaired) electrons. The van der Waals surface area contributed by atoms with Crippen molar-refractivity contribution in [2.75, 3.05) is 13.1 Å². The van der Waals surface area contributed by atoms with E-state index in [0.717, 1.165) is 23.8 Å². The van der Waals surface area contributed by atoms with Crippen LogP contribution in [0.25, 0.3) is 0 Å². The Bertz CT molecular complexity index is 573. The molecule has 0 aromatic heterocycles. The average Bonchev–Trinajstić information content (AvgIpc) is 2.73. The van der Waals surface area contributed by atoms with E-state index in [-0.39, 0.29) is 0 Å². The molecule has 2 nitrogen and oxygen atoms in total. The summed E-state index contributed by atoms with van der Waals surface area (Å²) in [4.78, 5) is 0. The lowest BCUT2D eigenvalue weighted by atomic mass is 9.71. The molecule has 1 saturated heterocycles. The highest BCUT2D eigenvalue weighted by Gasteiger charge is 2.33. The monoisotopic (exact) mass is 416 g/mol. The number of hydrogen-bond acceptors (Lipinski definition) is 2. The Balaban J connectivity index is 0.000000171. The van der Waals surface area contributed by atoms with Gasteiger partial charge >= 0.3 is 0 Å². The van der Waals surface area contributed by atoms with E-state index in [1.807, 2.05) is 0 Å². The van der Waals surface area contributed by atoms with E-state index in [9.17, 15) is 0 Å². The zero-order valence-electron chi connectivity index (χ0n) is 21.2. The Labute approximate surface area is 188 Å². The van der Waals surface area contributed by atoms with Crippen molar-refractivity contribution in [1.29, 1.82) is 0 Å². The van der Waals surface area contributed by atoms with Gasteiger partial charge < -0.3 is 10.6 Å². The lowest BCUT2D eigenvalue weighted by Gasteiger charge is -2.42. The second-order valence-electron chi connectivity index (χ2n) is 12.8. The van der Waals surface area contributed by atoms with E-state index in [4.69, 9.17) is 0 Å². The fraction of sp³-hybridized carbons (Fsp3) is 0.929. The van der Waals surface area contributed by atoms with E-state index in [2.05, 4.69) is 52.2 Å². The first-order valence-corrected chi connectivity index (χ1v) is 13.4. The van der Waals surface area contributed by atoms with Gasteiger partial charge in [-0.25, -0.2) is 0 Å². The third-order valence-electron chi connectivity index (χ3n) is 8.81. The molecule has 4 aliphatic rings. The molecule has 0 spiro atoms. The van der Waals surface area contributed by atoms with Crippen molar-refractivity contribution in [2.45, 2.75) is 125 Å². The maximum absolute atomic E-state index is 3.84. The summed E-state index contributed by atoms with van der Waals surface area (Å²) in [5.41, 5.74) is 4.33. The fourth-order valence-corrected chi connectivity index (χ4v) is 6.31. The van der Waals surface area contributed by atoms with Crippen molar-refractivity contribution >= 4 is 0 Å². The molecule has 0 aromatic carbocycles. The molecular weight excluding hydrogens is 364 g/mol. The second kappa shape index (κ2) is 10.4. The molecule has 2 N–H and O–H groups in total. The maximum Gasteiger partial charge on any atom is 0.0195 e. The molecule has 2 fully saturated rings. The summed E-state index contributed by atoms with van der Waals surface area (Å²) in [5.74, 6) is 2.71. The van der Waals surface area contributed by atoms with Crippen molar-refractivity contribution < 1.29 is 0 Å². The van der Waals surface area contributed by atoms with Crippen LogP contribution in [-0.4, -0.2) is 19.1 Å². The molecule has 0 amide bonds. The largest absolute Gasteiger partial charge is 0.388 e. The first-order valence-electron chi connectivity index (χ1n) is 13.4. The van der Waals surface area contributed by atoms with Crippen LogP contribution in [-0.2, 0) is 0 Å². The number of fused-ring (bicyclic) bond motifs is 1. The molecule has 174 valence electrons. The van der Waals surface area contributed by atoms with Crippen LogP contribution in [0.15, 0.2) is 11.3 Å². The second-order valence-corrected chi connectivity index (χ2v) is 12.8. The Hall–Kier alpha value is -0.500. The van der Waals surface area contributed by atoms with Crippen LogP contribution in [0, 0.1) is 28.6 Å². The first-order chi connectivity index (χ1) is 14.2. The van der Waals surface area contributed by atoms with Gasteiger partial charge in [0.05, 0.1) is 0 Å². The lowest BCUT2D eigenvalue weighted by molar-refractivity contribution is 0.130. The van der Waals surface area contributed by atoms with Gasteiger partial charge in [-0.3, -0.25) is 0 Å². The summed E-state index contributed by atoms with van der Waals surface area (Å²) in [6, 6.07) is 0.827. The van der Waals surface area contributed by atoms with Crippen LogP contribution in [0.4, 0.5) is 0 Å². The highest BCUT2D eigenvalue weighted by molar-refractivity contribution is 5.19. The van der Waals surface area contributed by atoms with Crippen LogP contribution in [0.2, 0.25) is 0 Å². The molecular formula is C28H52N2. The minimum atomic E-state index is 0.476. The van der Waals surface area contributed by atoms with Crippen molar-refractivity contribution in [3.05, 3.63) is 11.3 Å². The Morgan fingerprint density at radius 1 is 0.733 bits per heavy atom. The topological polar surface area (TPSA) is 24.1 Å². The van der Waals surface area contributed by atoms with Gasteiger partial charge in [-0.1, -0.05) is 54.4 Å². The molecule has 4 atom stereocenters. The number of hydrogen-bond donors (Lipinski definition) is 2. The Morgan fingerprint density at radius 2 is 1.40 bits per heavy atom. The van der Waals surface area contributed by atoms with E-state index >= 15 is 0 Å². The third-order valence-corrected chi connectivity index (χ3v) is 8.81. The zero-order valence-corrected chi connectivity index (χ0v) is 21.2. The maximum atomic E-state index is 3.84. The molecule has 2 aliphatic heterocycles. The van der Waals surface area contributed by atoms with Crippen molar-refractivity contribution in [3.8, 4) is 0 Å². The van der Waals surface area contributed by atoms with Gasteiger partial charge in [0.25, 0.3) is 0 Å². The third kappa shape index (κ3) is 6.75. The highest BCUT2D eigenvalue weighted by atomic mass is 14.9. The van der Waals surface area contributed by atoms with Crippen molar-refractivity contribution in [3.63, 3.8) is 0 Å². The van der Waals surface area contributed by atoms with E-state index in [1.54, 1.807) is 11.3 Å². The summed E-state index contributed by atoms with van der Waals surface area (Å²) in [7, 11) is 0. The quantitative estimate of drug-likeness (QED) is 0.428. The SMILES string of the molecule is CC1CCC(C)(C)CNC2=C1CCCC2.CC1CCC(C)(C)CNC2CCCCC12. The Kier molecular flexibility index (Phi) is 8.38. The standard InChI is InChI=1S/C14H27N.C14H25N/c2*1-11-8-9-14(2,3)10-15-13-7-5-4-6-12(11)13/h11-13,15H,4-10H2,1-3H3;11,15H,4-10H2,1-3H3. The zero-order chi connectivity index (χ0) is 21.8. The van der Waals surface area contributed by atoms with Crippen molar-refractivity contribution in [1.82, 2.24) is 10.6 Å². The van der Waals surface area contributed by atoms with Crippen LogP contribution in [0.5, 0.6) is 0 Å². The molecule has 1 saturated carbocycles. The highest BCUT2D eigenvalue weighted by Crippen LogP contribution is 2.38. The van der Waals surface area contributed by atoms with Gasteiger partial charge in [0, 0.05) is 24.8 Å². The average molecular weight is 417 g/mol. The smallest absolute Gasteiger partial charge is 0.0195 e. The summed E-state index contributed by atoms with van der Waals surface area (Å²) in [5, 5.41) is 7.57. The molecule has 4 rings (SSSR count). The number of rotatable bonds is 0. The predicted octanol–water partition coefficient (Wildman–Crippen LogP) is 7.45. The predicted molar refractivity (Wildman–Crippen MR) is 132 cm³/mol. The van der Waals surface area contributed by atoms with Crippen LogP contribution >= 0.6 is 0 Å². The molecule has 0 bridgehead atoms. The van der Waals surface area contributed by atoms with Gasteiger partial charge in [-0.05, 0) is 98.4 Å². The number of allylic oxidation sites excluding steroid dienone is 2. The summed E-state index contributed by atoms with van der Waals surface area (Å²) >= 11 is 0. The number of nitrogens with one attached hydrogen (secondary N) is 2. The van der Waals surface area contributed by atoms with Gasteiger partial charge in [-0.15, -0.1) is 0 Å². The normalized spacial score (nSPS) is 36.3. The lowest BCUT2D eigenvalue weighted by Crippen LogP contribution is -2.47. The minimum Gasteiger partial charge on any atom is -0.388 e. The summed E-state index contributed by atoms with van der Waals surface area (Å²) in [6.45, 7) is 16.9. The van der Waals surface area contributed by atoms with Crippen molar-refractivity contribution in [2.24, 2.45) is 28.6 Å². The van der Waals surface area contributed by atoms with Crippen LogP contribution in [0.1, 0.15) is 119 Å². The molecule has 4 unspecified atom stereocenters. The van der Waals surface area contributed by atoms with E-state index in [0.29, 0.717) is 10.8 Å². The first kappa shape index (κ1) is 24.1. The van der Waals surface area contributed by atoms with Gasteiger partial charge in [0.2, 0.25) is 0 Å². The molecule has 2 aliphatic carbocycles. The van der Waals surface area contributed by atoms with Gasteiger partial charge in [0.15, 0.2) is 0 Å². The van der Waals surface area contributed by atoms with E-state index < -0.39 is 0 Å². The van der Waals surface area contributed by atoms with Crippen LogP contribution < -0.4 is 10.6 Å². The Morgan fingerprint density at radius 3 is 2.20 bits per heavy atom. The fourth-order valence-electron chi connectivity index (χ4n) is 6.31. The van der Waals surface area contributed by atoms with Gasteiger partial charge in [0.1, 0.15) is 0 Å². The van der Waals surface area contributed by atoms with Crippen LogP contribution in [0.3, 0.4) is 0 Å². The molecule has 0 aromatic rings. The summed E-state index contributed by atoms with van der Waals surface area (Å²) < 4.78 is 0. The van der Waals surface area contributed by atoms with E-state index in [1.165, 1.54) is 90.1 Å². The molecule has 2 heteroatoms. The molecule has 2 heterocycles.